The first-order valence-electron chi connectivity index (χ1n) is 8.68. The van der Waals surface area contributed by atoms with Crippen molar-refractivity contribution in [2.75, 3.05) is 18.4 Å². The summed E-state index contributed by atoms with van der Waals surface area (Å²) in [7, 11) is -3.86. The molecule has 0 bridgehead atoms. The summed E-state index contributed by atoms with van der Waals surface area (Å²) < 4.78 is 27.1. The molecule has 0 aromatic heterocycles. The molecule has 1 aliphatic heterocycles. The Morgan fingerprint density at radius 1 is 1.07 bits per heavy atom. The van der Waals surface area contributed by atoms with E-state index in [-0.39, 0.29) is 44.9 Å². The topological polar surface area (TPSA) is 90.3 Å². The number of nitrogens with one attached hydrogen (secondary N) is 1. The van der Waals surface area contributed by atoms with Crippen LogP contribution < -0.4 is 5.32 Å². The molecule has 0 unspecified atom stereocenters. The lowest BCUT2D eigenvalue weighted by Gasteiger charge is -2.31. The van der Waals surface area contributed by atoms with Gasteiger partial charge in [-0.05, 0) is 43.2 Å². The Balaban J connectivity index is 1.66. The first kappa shape index (κ1) is 21.9. The molecule has 1 heterocycles. The maximum Gasteiger partial charge on any atom is 0.246 e. The van der Waals surface area contributed by atoms with Crippen LogP contribution in [0.25, 0.3) is 0 Å². The number of nitrogens with zero attached hydrogens (tertiary/aromatic N) is 2. The standard InChI is InChI=1S/C19H16Cl3N3O3S/c20-15-2-1-3-16(21)18(15)29(27,28)25-8-6-12(7-9-25)19(26)24-14-5-4-13(11-23)17(22)10-14/h1-5,10,12H,6-9H2,(H,24,26). The van der Waals surface area contributed by atoms with E-state index < -0.39 is 10.0 Å². The molecule has 152 valence electrons. The van der Waals surface area contributed by atoms with Crippen LogP contribution in [0, 0.1) is 17.2 Å². The maximum absolute atomic E-state index is 12.9. The number of sulfonamides is 1. The van der Waals surface area contributed by atoms with Gasteiger partial charge in [0.15, 0.2) is 0 Å². The minimum Gasteiger partial charge on any atom is -0.326 e. The molecular formula is C19H16Cl3N3O3S. The summed E-state index contributed by atoms with van der Waals surface area (Å²) in [6, 6.07) is 11.1. The third kappa shape index (κ3) is 4.68. The SMILES string of the molecule is N#Cc1ccc(NC(=O)C2CCN(S(=O)(=O)c3c(Cl)cccc3Cl)CC2)cc1Cl. The maximum atomic E-state index is 12.9. The van der Waals surface area contributed by atoms with Crippen LogP contribution in [0.1, 0.15) is 18.4 Å². The summed E-state index contributed by atoms with van der Waals surface area (Å²) in [5.41, 5.74) is 0.804. The fraction of sp³-hybridized carbons (Fsp3) is 0.263. The van der Waals surface area contributed by atoms with Crippen LogP contribution >= 0.6 is 34.8 Å². The van der Waals surface area contributed by atoms with E-state index in [1.165, 1.54) is 28.6 Å². The molecule has 0 aliphatic carbocycles. The predicted octanol–water partition coefficient (Wildman–Crippen LogP) is 4.56. The number of anilines is 1. The van der Waals surface area contributed by atoms with Crippen molar-refractivity contribution in [3.8, 4) is 6.07 Å². The largest absolute Gasteiger partial charge is 0.326 e. The van der Waals surface area contributed by atoms with E-state index in [9.17, 15) is 13.2 Å². The van der Waals surface area contributed by atoms with Gasteiger partial charge in [-0.15, -0.1) is 0 Å². The minimum atomic E-state index is -3.86. The van der Waals surface area contributed by atoms with Gasteiger partial charge in [0.05, 0.1) is 20.6 Å². The van der Waals surface area contributed by atoms with Gasteiger partial charge in [0, 0.05) is 24.7 Å². The van der Waals surface area contributed by atoms with Crippen molar-refractivity contribution >= 4 is 56.4 Å². The van der Waals surface area contributed by atoms with Crippen LogP contribution in [0.2, 0.25) is 15.1 Å². The molecule has 2 aromatic carbocycles. The first-order valence-corrected chi connectivity index (χ1v) is 11.3. The molecule has 3 rings (SSSR count). The number of halogens is 3. The van der Waals surface area contributed by atoms with Gasteiger partial charge in [0.1, 0.15) is 11.0 Å². The molecule has 0 radical (unpaired) electrons. The molecule has 1 saturated heterocycles. The number of benzene rings is 2. The Hall–Kier alpha value is -1.82. The van der Waals surface area contributed by atoms with Gasteiger partial charge in [0.25, 0.3) is 0 Å². The molecule has 0 saturated carbocycles. The lowest BCUT2D eigenvalue weighted by molar-refractivity contribution is -0.120. The van der Waals surface area contributed by atoms with Crippen LogP contribution in [-0.2, 0) is 14.8 Å². The van der Waals surface area contributed by atoms with Crippen LogP contribution in [0.15, 0.2) is 41.3 Å². The van der Waals surface area contributed by atoms with E-state index in [2.05, 4.69) is 5.32 Å². The molecule has 10 heteroatoms. The Bertz CT molecular complexity index is 1070. The average molecular weight is 473 g/mol. The van der Waals surface area contributed by atoms with E-state index in [0.717, 1.165) is 0 Å². The van der Waals surface area contributed by atoms with E-state index in [4.69, 9.17) is 40.1 Å². The molecule has 1 aliphatic rings. The van der Waals surface area contributed by atoms with Gasteiger partial charge >= 0.3 is 0 Å². The number of carbonyl (C=O) groups is 1. The highest BCUT2D eigenvalue weighted by Crippen LogP contribution is 2.33. The van der Waals surface area contributed by atoms with Gasteiger partial charge in [-0.25, -0.2) is 8.42 Å². The van der Waals surface area contributed by atoms with Crippen molar-refractivity contribution in [3.63, 3.8) is 0 Å². The highest BCUT2D eigenvalue weighted by molar-refractivity contribution is 7.89. The number of amides is 1. The van der Waals surface area contributed by atoms with Crippen molar-refractivity contribution in [2.45, 2.75) is 17.7 Å². The van der Waals surface area contributed by atoms with Crippen molar-refractivity contribution in [1.29, 1.82) is 5.26 Å². The molecule has 1 amide bonds. The lowest BCUT2D eigenvalue weighted by atomic mass is 9.97. The number of nitriles is 1. The monoisotopic (exact) mass is 471 g/mol. The molecule has 0 atom stereocenters. The molecule has 6 nitrogen and oxygen atoms in total. The Morgan fingerprint density at radius 3 is 2.24 bits per heavy atom. The molecule has 2 aromatic rings. The summed E-state index contributed by atoms with van der Waals surface area (Å²) in [6.45, 7) is 0.353. The molecule has 1 fully saturated rings. The van der Waals surface area contributed by atoms with Gasteiger partial charge < -0.3 is 5.32 Å². The molecule has 1 N–H and O–H groups in total. The molecular weight excluding hydrogens is 457 g/mol. The first-order chi connectivity index (χ1) is 13.7. The zero-order valence-electron chi connectivity index (χ0n) is 15.0. The zero-order chi connectivity index (χ0) is 21.2. The van der Waals surface area contributed by atoms with Gasteiger partial charge in [-0.1, -0.05) is 40.9 Å². The van der Waals surface area contributed by atoms with Crippen LogP contribution in [0.5, 0.6) is 0 Å². The Labute approximate surface area is 184 Å². The second-order valence-electron chi connectivity index (χ2n) is 6.52. The number of rotatable bonds is 4. The van der Waals surface area contributed by atoms with Gasteiger partial charge in [0.2, 0.25) is 15.9 Å². The van der Waals surface area contributed by atoms with Crippen molar-refractivity contribution in [1.82, 2.24) is 4.31 Å². The van der Waals surface area contributed by atoms with Crippen molar-refractivity contribution < 1.29 is 13.2 Å². The number of piperidine rings is 1. The summed E-state index contributed by atoms with van der Waals surface area (Å²) in [4.78, 5) is 12.4. The second-order valence-corrected chi connectivity index (χ2v) is 9.62. The Kier molecular flexibility index (Phi) is 6.72. The van der Waals surface area contributed by atoms with Crippen molar-refractivity contribution in [3.05, 3.63) is 57.0 Å². The highest BCUT2D eigenvalue weighted by Gasteiger charge is 2.34. The Morgan fingerprint density at radius 2 is 1.69 bits per heavy atom. The van der Waals surface area contributed by atoms with E-state index in [0.29, 0.717) is 24.1 Å². The predicted molar refractivity (Wildman–Crippen MR) is 113 cm³/mol. The summed E-state index contributed by atoms with van der Waals surface area (Å²) in [5.74, 6) is -0.573. The van der Waals surface area contributed by atoms with Crippen LogP contribution in [0.3, 0.4) is 0 Å². The fourth-order valence-electron chi connectivity index (χ4n) is 3.14. The summed E-state index contributed by atoms with van der Waals surface area (Å²) >= 11 is 18.1. The van der Waals surface area contributed by atoms with E-state index in [1.807, 2.05) is 6.07 Å². The summed E-state index contributed by atoms with van der Waals surface area (Å²) in [6.07, 6.45) is 0.717. The van der Waals surface area contributed by atoms with Gasteiger partial charge in [-0.3, -0.25) is 4.79 Å². The van der Waals surface area contributed by atoms with Crippen LogP contribution in [-0.4, -0.2) is 31.7 Å². The summed E-state index contributed by atoms with van der Waals surface area (Å²) in [5, 5.41) is 12.1. The number of hydrogen-bond donors (Lipinski definition) is 1. The zero-order valence-corrected chi connectivity index (χ0v) is 18.1. The van der Waals surface area contributed by atoms with E-state index in [1.54, 1.807) is 12.1 Å². The average Bonchev–Trinajstić information content (AvgIpc) is 2.68. The minimum absolute atomic E-state index is 0.0649. The molecule has 29 heavy (non-hydrogen) atoms. The van der Waals surface area contributed by atoms with E-state index >= 15 is 0 Å². The van der Waals surface area contributed by atoms with Crippen molar-refractivity contribution in [2.24, 2.45) is 5.92 Å². The second kappa shape index (κ2) is 8.90. The third-order valence-corrected chi connectivity index (χ3v) is 7.87. The number of carbonyl (C=O) groups excluding carboxylic acids is 1. The number of hydrogen-bond acceptors (Lipinski definition) is 4. The third-order valence-electron chi connectivity index (χ3n) is 4.70. The fourth-order valence-corrected chi connectivity index (χ4v) is 5.93. The highest BCUT2D eigenvalue weighted by atomic mass is 35.5. The van der Waals surface area contributed by atoms with Gasteiger partial charge in [-0.2, -0.15) is 9.57 Å². The lowest BCUT2D eigenvalue weighted by Crippen LogP contribution is -2.41. The smallest absolute Gasteiger partial charge is 0.246 e. The normalized spacial score (nSPS) is 15.7. The van der Waals surface area contributed by atoms with Crippen LogP contribution in [0.4, 0.5) is 5.69 Å². The molecule has 0 spiro atoms. The quantitative estimate of drug-likeness (QED) is 0.706.